The quantitative estimate of drug-likeness (QED) is 0.798. The zero-order chi connectivity index (χ0) is 20.3. The number of rotatable bonds is 5. The molecule has 0 spiro atoms. The third-order valence-electron chi connectivity index (χ3n) is 4.89. The lowest BCUT2D eigenvalue weighted by Gasteiger charge is -2.24. The van der Waals surface area contributed by atoms with Crippen molar-refractivity contribution in [1.29, 1.82) is 0 Å². The van der Waals surface area contributed by atoms with E-state index in [1.54, 1.807) is 37.8 Å². The van der Waals surface area contributed by atoms with Gasteiger partial charge < -0.3 is 25.0 Å². The van der Waals surface area contributed by atoms with Gasteiger partial charge in [0.05, 0.1) is 24.8 Å². The number of hydrogen-bond acceptors (Lipinski definition) is 5. The zero-order valence-electron chi connectivity index (χ0n) is 16.5. The molecule has 0 radical (unpaired) electrons. The van der Waals surface area contributed by atoms with Crippen molar-refractivity contribution in [2.24, 2.45) is 0 Å². The van der Waals surface area contributed by atoms with Crippen molar-refractivity contribution in [3.8, 4) is 0 Å². The van der Waals surface area contributed by atoms with Gasteiger partial charge in [-0.2, -0.15) is 0 Å². The van der Waals surface area contributed by atoms with Gasteiger partial charge in [0.1, 0.15) is 18.0 Å². The van der Waals surface area contributed by atoms with Gasteiger partial charge in [-0.15, -0.1) is 0 Å². The van der Waals surface area contributed by atoms with E-state index >= 15 is 0 Å². The molecule has 0 saturated carbocycles. The molecule has 0 unspecified atom stereocenters. The van der Waals surface area contributed by atoms with Gasteiger partial charge in [0.25, 0.3) is 0 Å². The lowest BCUT2D eigenvalue weighted by molar-refractivity contribution is -0.131. The van der Waals surface area contributed by atoms with Crippen LogP contribution in [0.2, 0.25) is 0 Å². The Bertz CT molecular complexity index is 704. The van der Waals surface area contributed by atoms with Gasteiger partial charge in [0.15, 0.2) is 0 Å². The molecule has 7 nitrogen and oxygen atoms in total. The minimum Gasteiger partial charge on any atom is -0.444 e. The van der Waals surface area contributed by atoms with Crippen LogP contribution < -0.4 is 10.6 Å². The fourth-order valence-corrected chi connectivity index (χ4v) is 3.68. The monoisotopic (exact) mass is 393 g/mol. The number of ether oxygens (including phenoxy) is 2. The van der Waals surface area contributed by atoms with E-state index < -0.39 is 11.7 Å². The SMILES string of the molecule is CC(C)(C)OC(=O)NCC(=O)N1C[C@H](OCc2ccc(F)cc2)[C@H]2NCC[C@H]21. The highest BCUT2D eigenvalue weighted by atomic mass is 19.1. The van der Waals surface area contributed by atoms with E-state index in [0.717, 1.165) is 18.5 Å². The van der Waals surface area contributed by atoms with Crippen molar-refractivity contribution >= 4 is 12.0 Å². The number of carbonyl (C=O) groups is 2. The van der Waals surface area contributed by atoms with Gasteiger partial charge >= 0.3 is 6.09 Å². The van der Waals surface area contributed by atoms with Crippen LogP contribution in [-0.4, -0.2) is 60.3 Å². The molecule has 3 rings (SSSR count). The Kier molecular flexibility index (Phi) is 6.20. The Morgan fingerprint density at radius 3 is 2.68 bits per heavy atom. The summed E-state index contributed by atoms with van der Waals surface area (Å²) in [4.78, 5) is 26.2. The molecule has 2 fully saturated rings. The summed E-state index contributed by atoms with van der Waals surface area (Å²) in [6, 6.07) is 6.30. The average Bonchev–Trinajstić information content (AvgIpc) is 3.21. The van der Waals surface area contributed by atoms with E-state index in [9.17, 15) is 14.0 Å². The molecule has 2 aliphatic heterocycles. The van der Waals surface area contributed by atoms with Gasteiger partial charge in [-0.25, -0.2) is 9.18 Å². The summed E-state index contributed by atoms with van der Waals surface area (Å²) < 4.78 is 24.2. The van der Waals surface area contributed by atoms with E-state index in [1.165, 1.54) is 12.1 Å². The summed E-state index contributed by atoms with van der Waals surface area (Å²) in [6.07, 6.45) is 0.0903. The Morgan fingerprint density at radius 2 is 2.00 bits per heavy atom. The number of halogens is 1. The fourth-order valence-electron chi connectivity index (χ4n) is 3.68. The van der Waals surface area contributed by atoms with E-state index in [1.807, 2.05) is 0 Å². The summed E-state index contributed by atoms with van der Waals surface area (Å²) >= 11 is 0. The predicted molar refractivity (Wildman–Crippen MR) is 101 cm³/mol. The van der Waals surface area contributed by atoms with Crippen LogP contribution in [0.15, 0.2) is 24.3 Å². The van der Waals surface area contributed by atoms with Gasteiger partial charge in [0.2, 0.25) is 5.91 Å². The summed E-state index contributed by atoms with van der Waals surface area (Å²) in [5, 5.41) is 5.93. The summed E-state index contributed by atoms with van der Waals surface area (Å²) in [6.45, 7) is 6.83. The Hall–Kier alpha value is -2.19. The maximum atomic E-state index is 13.0. The highest BCUT2D eigenvalue weighted by Crippen LogP contribution is 2.28. The molecule has 2 aliphatic rings. The highest BCUT2D eigenvalue weighted by molar-refractivity contribution is 5.83. The number of carbonyl (C=O) groups excluding carboxylic acids is 2. The molecular weight excluding hydrogens is 365 g/mol. The molecule has 2 N–H and O–H groups in total. The Labute approximate surface area is 164 Å². The summed E-state index contributed by atoms with van der Waals surface area (Å²) in [5.41, 5.74) is 0.271. The van der Waals surface area contributed by atoms with Gasteiger partial charge in [-0.3, -0.25) is 4.79 Å². The van der Waals surface area contributed by atoms with Crippen molar-refractivity contribution in [2.45, 2.75) is 57.6 Å². The molecule has 2 heterocycles. The van der Waals surface area contributed by atoms with Crippen molar-refractivity contribution in [3.05, 3.63) is 35.6 Å². The molecule has 0 bridgehead atoms. The highest BCUT2D eigenvalue weighted by Gasteiger charge is 2.46. The van der Waals surface area contributed by atoms with Crippen LogP contribution >= 0.6 is 0 Å². The van der Waals surface area contributed by atoms with Crippen molar-refractivity contribution in [1.82, 2.24) is 15.5 Å². The lowest BCUT2D eigenvalue weighted by Crippen LogP contribution is -2.45. The molecule has 1 aromatic rings. The Morgan fingerprint density at radius 1 is 1.29 bits per heavy atom. The topological polar surface area (TPSA) is 79.9 Å². The third kappa shape index (κ3) is 5.20. The number of nitrogens with zero attached hydrogens (tertiary/aromatic N) is 1. The van der Waals surface area contributed by atoms with Crippen LogP contribution in [-0.2, 0) is 20.9 Å². The standard InChI is InChI=1S/C20H28FN3O4/c1-20(2,3)28-19(26)23-10-17(25)24-11-16(18-15(24)8-9-22-18)27-12-13-4-6-14(21)7-5-13/h4-7,15-16,18,22H,8-12H2,1-3H3,(H,23,26)/t15-,16+,18+/m1/s1. The first kappa shape index (κ1) is 20.5. The number of nitrogens with one attached hydrogen (secondary N) is 2. The van der Waals surface area contributed by atoms with Crippen LogP contribution in [0.5, 0.6) is 0 Å². The molecule has 1 aromatic carbocycles. The largest absolute Gasteiger partial charge is 0.444 e. The second kappa shape index (κ2) is 8.45. The lowest BCUT2D eigenvalue weighted by atomic mass is 10.1. The van der Waals surface area contributed by atoms with Crippen LogP contribution in [0.1, 0.15) is 32.8 Å². The van der Waals surface area contributed by atoms with Crippen LogP contribution in [0.4, 0.5) is 9.18 Å². The predicted octanol–water partition coefficient (Wildman–Crippen LogP) is 1.81. The maximum absolute atomic E-state index is 13.0. The first-order chi connectivity index (χ1) is 13.2. The van der Waals surface area contributed by atoms with Crippen molar-refractivity contribution in [2.75, 3.05) is 19.6 Å². The molecule has 2 saturated heterocycles. The van der Waals surface area contributed by atoms with E-state index in [2.05, 4.69) is 10.6 Å². The number of hydrogen-bond donors (Lipinski definition) is 2. The molecular formula is C20H28FN3O4. The zero-order valence-corrected chi connectivity index (χ0v) is 16.5. The molecule has 0 aliphatic carbocycles. The first-order valence-electron chi connectivity index (χ1n) is 9.59. The summed E-state index contributed by atoms with van der Waals surface area (Å²) in [5.74, 6) is -0.436. The Balaban J connectivity index is 1.53. The molecule has 154 valence electrons. The molecule has 8 heteroatoms. The van der Waals surface area contributed by atoms with E-state index in [4.69, 9.17) is 9.47 Å². The van der Waals surface area contributed by atoms with Crippen molar-refractivity contribution < 1.29 is 23.5 Å². The second-order valence-electron chi connectivity index (χ2n) is 8.21. The van der Waals surface area contributed by atoms with E-state index in [0.29, 0.717) is 13.2 Å². The fraction of sp³-hybridized carbons (Fsp3) is 0.600. The molecule has 3 atom stereocenters. The molecule has 2 amide bonds. The summed E-state index contributed by atoms with van der Waals surface area (Å²) in [7, 11) is 0. The average molecular weight is 393 g/mol. The molecule has 28 heavy (non-hydrogen) atoms. The van der Waals surface area contributed by atoms with Gasteiger partial charge in [-0.05, 0) is 51.4 Å². The van der Waals surface area contributed by atoms with Crippen LogP contribution in [0.25, 0.3) is 0 Å². The minimum atomic E-state index is -0.611. The van der Waals surface area contributed by atoms with Crippen LogP contribution in [0, 0.1) is 5.82 Å². The second-order valence-corrected chi connectivity index (χ2v) is 8.21. The van der Waals surface area contributed by atoms with Crippen molar-refractivity contribution in [3.63, 3.8) is 0 Å². The van der Waals surface area contributed by atoms with Gasteiger partial charge in [-0.1, -0.05) is 12.1 Å². The smallest absolute Gasteiger partial charge is 0.408 e. The van der Waals surface area contributed by atoms with Gasteiger partial charge in [0, 0.05) is 6.54 Å². The third-order valence-corrected chi connectivity index (χ3v) is 4.89. The maximum Gasteiger partial charge on any atom is 0.408 e. The number of alkyl carbamates (subject to hydrolysis) is 1. The number of benzene rings is 1. The van der Waals surface area contributed by atoms with E-state index in [-0.39, 0.29) is 36.5 Å². The number of likely N-dealkylation sites (tertiary alicyclic amines) is 1. The normalized spacial score (nSPS) is 24.1. The first-order valence-corrected chi connectivity index (χ1v) is 9.59. The molecule has 0 aromatic heterocycles. The number of amides is 2. The number of fused-ring (bicyclic) bond motifs is 1. The minimum absolute atomic E-state index is 0.0474. The van der Waals surface area contributed by atoms with Crippen LogP contribution in [0.3, 0.4) is 0 Å².